The Hall–Kier alpha value is -1.68. The summed E-state index contributed by atoms with van der Waals surface area (Å²) in [6.07, 6.45) is 0. The van der Waals surface area contributed by atoms with Crippen LogP contribution in [-0.2, 0) is 0 Å². The zero-order valence-corrected chi connectivity index (χ0v) is 11.9. The van der Waals surface area contributed by atoms with Gasteiger partial charge in [-0.15, -0.1) is 0 Å². The van der Waals surface area contributed by atoms with Crippen molar-refractivity contribution in [1.29, 1.82) is 0 Å². The zero-order chi connectivity index (χ0) is 13.1. The maximum Gasteiger partial charge on any atom is 0.122 e. The van der Waals surface area contributed by atoms with Gasteiger partial charge in [-0.3, -0.25) is 0 Å². The first-order valence-corrected chi connectivity index (χ1v) is 6.35. The molecule has 0 aromatic heterocycles. The fourth-order valence-electron chi connectivity index (χ4n) is 1.64. The van der Waals surface area contributed by atoms with Crippen molar-refractivity contribution >= 4 is 33.0 Å². The lowest BCUT2D eigenvalue weighted by atomic mass is 10.2. The van der Waals surface area contributed by atoms with Crippen molar-refractivity contribution in [2.24, 2.45) is 0 Å². The van der Waals surface area contributed by atoms with Crippen LogP contribution in [0.5, 0.6) is 5.75 Å². The normalized spacial score (nSPS) is 10.2. The summed E-state index contributed by atoms with van der Waals surface area (Å²) in [6, 6.07) is 11.7. The van der Waals surface area contributed by atoms with Crippen molar-refractivity contribution in [3.63, 3.8) is 0 Å². The summed E-state index contributed by atoms with van der Waals surface area (Å²) >= 11 is 3.45. The van der Waals surface area contributed by atoms with E-state index < -0.39 is 0 Å². The van der Waals surface area contributed by atoms with Gasteiger partial charge in [-0.05, 0) is 36.8 Å². The molecule has 0 radical (unpaired) electrons. The summed E-state index contributed by atoms with van der Waals surface area (Å²) in [7, 11) is 1.65. The van der Waals surface area contributed by atoms with Crippen LogP contribution in [0.4, 0.5) is 17.1 Å². The number of anilines is 3. The van der Waals surface area contributed by atoms with E-state index in [2.05, 4.69) is 21.2 Å². The van der Waals surface area contributed by atoms with Gasteiger partial charge < -0.3 is 15.8 Å². The number of rotatable bonds is 3. The van der Waals surface area contributed by atoms with Crippen molar-refractivity contribution in [3.8, 4) is 5.75 Å². The van der Waals surface area contributed by atoms with Crippen LogP contribution in [-0.4, -0.2) is 7.11 Å². The lowest BCUT2D eigenvalue weighted by Gasteiger charge is -2.10. The fourth-order valence-corrected chi connectivity index (χ4v) is 2.11. The van der Waals surface area contributed by atoms with Crippen LogP contribution in [0.25, 0.3) is 0 Å². The lowest BCUT2D eigenvalue weighted by molar-refractivity contribution is 0.415. The topological polar surface area (TPSA) is 47.3 Å². The summed E-state index contributed by atoms with van der Waals surface area (Å²) < 4.78 is 6.18. The Morgan fingerprint density at radius 2 is 1.89 bits per heavy atom. The summed E-state index contributed by atoms with van der Waals surface area (Å²) in [5.41, 5.74) is 9.65. The summed E-state index contributed by atoms with van der Waals surface area (Å²) in [5.74, 6) is 0.798. The molecule has 0 heterocycles. The fraction of sp³-hybridized carbons (Fsp3) is 0.143. The molecule has 3 nitrogen and oxygen atoms in total. The first kappa shape index (κ1) is 12.8. The van der Waals surface area contributed by atoms with Gasteiger partial charge in [0.1, 0.15) is 5.75 Å². The van der Waals surface area contributed by atoms with E-state index in [1.807, 2.05) is 43.3 Å². The van der Waals surface area contributed by atoms with E-state index in [9.17, 15) is 0 Å². The van der Waals surface area contributed by atoms with Gasteiger partial charge in [0.05, 0.1) is 7.11 Å². The van der Waals surface area contributed by atoms with Gasteiger partial charge in [0, 0.05) is 27.6 Å². The Kier molecular flexibility index (Phi) is 3.77. The molecular weight excluding hydrogens is 292 g/mol. The highest BCUT2D eigenvalue weighted by molar-refractivity contribution is 9.10. The number of nitrogen functional groups attached to an aromatic ring is 1. The predicted octanol–water partition coefficient (Wildman–Crippen LogP) is 4.09. The molecular formula is C14H15BrN2O. The number of aryl methyl sites for hydroxylation is 1. The van der Waals surface area contributed by atoms with Gasteiger partial charge >= 0.3 is 0 Å². The van der Waals surface area contributed by atoms with Crippen LogP contribution in [0.15, 0.2) is 40.9 Å². The van der Waals surface area contributed by atoms with Crippen molar-refractivity contribution in [2.45, 2.75) is 6.92 Å². The monoisotopic (exact) mass is 306 g/mol. The molecule has 0 atom stereocenters. The molecule has 94 valence electrons. The molecule has 0 unspecified atom stereocenters. The molecule has 0 amide bonds. The minimum atomic E-state index is 0.780. The van der Waals surface area contributed by atoms with E-state index in [0.29, 0.717) is 0 Å². The van der Waals surface area contributed by atoms with E-state index in [-0.39, 0.29) is 0 Å². The smallest absolute Gasteiger partial charge is 0.122 e. The van der Waals surface area contributed by atoms with Crippen LogP contribution in [0.1, 0.15) is 5.56 Å². The first-order chi connectivity index (χ1) is 8.58. The van der Waals surface area contributed by atoms with Gasteiger partial charge in [0.2, 0.25) is 0 Å². The standard InChI is InChI=1S/C14H15BrN2O/c1-9-3-4-11(8-14(9)16)17-12-5-10(15)6-13(7-12)18-2/h3-8,17H,16H2,1-2H3. The van der Waals surface area contributed by atoms with E-state index in [4.69, 9.17) is 10.5 Å². The van der Waals surface area contributed by atoms with Crippen molar-refractivity contribution in [1.82, 2.24) is 0 Å². The van der Waals surface area contributed by atoms with Gasteiger partial charge in [0.15, 0.2) is 0 Å². The van der Waals surface area contributed by atoms with E-state index in [0.717, 1.165) is 32.8 Å². The molecule has 2 rings (SSSR count). The third-order valence-electron chi connectivity index (χ3n) is 2.67. The molecule has 2 aromatic carbocycles. The van der Waals surface area contributed by atoms with Crippen molar-refractivity contribution in [3.05, 3.63) is 46.4 Å². The minimum Gasteiger partial charge on any atom is -0.497 e. The second-order valence-corrected chi connectivity index (χ2v) is 4.99. The third kappa shape index (κ3) is 2.96. The number of benzene rings is 2. The number of hydrogen-bond acceptors (Lipinski definition) is 3. The summed E-state index contributed by atoms with van der Waals surface area (Å²) in [5, 5.41) is 3.30. The molecule has 0 fully saturated rings. The molecule has 0 saturated heterocycles. The van der Waals surface area contributed by atoms with E-state index >= 15 is 0 Å². The third-order valence-corrected chi connectivity index (χ3v) is 3.13. The Labute approximate surface area is 115 Å². The Balaban J connectivity index is 2.27. The molecule has 0 aliphatic rings. The average Bonchev–Trinajstić information content (AvgIpc) is 2.33. The Bertz CT molecular complexity index is 570. The predicted molar refractivity (Wildman–Crippen MR) is 79.6 cm³/mol. The van der Waals surface area contributed by atoms with Crippen molar-refractivity contribution < 1.29 is 4.74 Å². The van der Waals surface area contributed by atoms with Gasteiger partial charge in [-0.25, -0.2) is 0 Å². The molecule has 3 N–H and O–H groups in total. The number of ether oxygens (including phenoxy) is 1. The maximum atomic E-state index is 5.89. The second-order valence-electron chi connectivity index (χ2n) is 4.08. The molecule has 0 bridgehead atoms. The quantitative estimate of drug-likeness (QED) is 0.840. The molecule has 0 saturated carbocycles. The SMILES string of the molecule is COc1cc(Br)cc(Nc2ccc(C)c(N)c2)c1. The largest absolute Gasteiger partial charge is 0.497 e. The number of nitrogens with two attached hydrogens (primary N) is 1. The van der Waals surface area contributed by atoms with E-state index in [1.54, 1.807) is 7.11 Å². The second kappa shape index (κ2) is 5.31. The highest BCUT2D eigenvalue weighted by Gasteiger charge is 2.01. The number of nitrogens with one attached hydrogen (secondary N) is 1. The van der Waals surface area contributed by atoms with Gasteiger partial charge in [0.25, 0.3) is 0 Å². The molecule has 4 heteroatoms. The van der Waals surface area contributed by atoms with Crippen LogP contribution in [0.2, 0.25) is 0 Å². The molecule has 0 aliphatic carbocycles. The Morgan fingerprint density at radius 1 is 1.11 bits per heavy atom. The summed E-state index contributed by atoms with van der Waals surface area (Å²) in [4.78, 5) is 0. The molecule has 0 aliphatic heterocycles. The number of halogens is 1. The average molecular weight is 307 g/mol. The van der Waals surface area contributed by atoms with Crippen LogP contribution < -0.4 is 15.8 Å². The Morgan fingerprint density at radius 3 is 2.56 bits per heavy atom. The number of hydrogen-bond donors (Lipinski definition) is 2. The number of methoxy groups -OCH3 is 1. The minimum absolute atomic E-state index is 0.780. The highest BCUT2D eigenvalue weighted by Crippen LogP contribution is 2.27. The first-order valence-electron chi connectivity index (χ1n) is 5.56. The van der Waals surface area contributed by atoms with Crippen molar-refractivity contribution in [2.75, 3.05) is 18.2 Å². The van der Waals surface area contributed by atoms with Crippen LogP contribution in [0, 0.1) is 6.92 Å². The molecule has 0 spiro atoms. The lowest BCUT2D eigenvalue weighted by Crippen LogP contribution is -1.95. The molecule has 18 heavy (non-hydrogen) atoms. The van der Waals surface area contributed by atoms with Crippen LogP contribution in [0.3, 0.4) is 0 Å². The van der Waals surface area contributed by atoms with E-state index in [1.165, 1.54) is 0 Å². The van der Waals surface area contributed by atoms with Gasteiger partial charge in [-0.1, -0.05) is 22.0 Å². The summed E-state index contributed by atoms with van der Waals surface area (Å²) in [6.45, 7) is 1.99. The molecule has 2 aromatic rings. The maximum absolute atomic E-state index is 5.89. The van der Waals surface area contributed by atoms with Crippen LogP contribution >= 0.6 is 15.9 Å². The highest BCUT2D eigenvalue weighted by atomic mass is 79.9. The zero-order valence-electron chi connectivity index (χ0n) is 10.3. The van der Waals surface area contributed by atoms with Gasteiger partial charge in [-0.2, -0.15) is 0 Å².